The fourth-order valence-corrected chi connectivity index (χ4v) is 2.53. The van der Waals surface area contributed by atoms with E-state index in [1.54, 1.807) is 0 Å². The third-order valence-corrected chi connectivity index (χ3v) is 3.13. The van der Waals surface area contributed by atoms with Crippen LogP contribution in [0.4, 0.5) is 0 Å². The molecule has 1 saturated carbocycles. The molecule has 0 aromatic rings. The lowest BCUT2D eigenvalue weighted by molar-refractivity contribution is 0.0299. The lowest BCUT2D eigenvalue weighted by Crippen LogP contribution is -2.42. The van der Waals surface area contributed by atoms with Crippen molar-refractivity contribution in [3.05, 3.63) is 0 Å². The first kappa shape index (κ1) is 8.35. The average molecular weight is 162 g/mol. The molecule has 0 radical (unpaired) electrons. The van der Waals surface area contributed by atoms with Gasteiger partial charge in [-0.2, -0.15) is 0 Å². The van der Waals surface area contributed by atoms with Crippen molar-refractivity contribution in [2.45, 2.75) is 20.3 Å². The standard InChI is InChI=1S/C8H15N.ClH/c1-8(2)3-6-4-9-5-7(6)8;/h6-7,9H,3-5H2,1-2H3;1H/t6-,7+;/m1./s1. The molecule has 2 atom stereocenters. The zero-order valence-electron chi connectivity index (χ0n) is 6.68. The van der Waals surface area contributed by atoms with Gasteiger partial charge in [0.2, 0.25) is 0 Å². The van der Waals surface area contributed by atoms with E-state index >= 15 is 0 Å². The molecule has 0 aromatic carbocycles. The minimum Gasteiger partial charge on any atom is -0.316 e. The summed E-state index contributed by atoms with van der Waals surface area (Å²) in [7, 11) is 0. The van der Waals surface area contributed by atoms with Crippen LogP contribution in [-0.4, -0.2) is 13.1 Å². The van der Waals surface area contributed by atoms with Crippen LogP contribution in [0.3, 0.4) is 0 Å². The number of nitrogens with one attached hydrogen (secondary N) is 1. The Labute approximate surface area is 69.0 Å². The molecule has 0 amide bonds. The van der Waals surface area contributed by atoms with Crippen LogP contribution < -0.4 is 5.32 Å². The van der Waals surface area contributed by atoms with Crippen molar-refractivity contribution in [3.63, 3.8) is 0 Å². The fraction of sp³-hybridized carbons (Fsp3) is 1.00. The molecule has 0 spiro atoms. The van der Waals surface area contributed by atoms with Crippen molar-refractivity contribution in [1.82, 2.24) is 5.32 Å². The highest BCUT2D eigenvalue weighted by Gasteiger charge is 2.49. The molecule has 2 heteroatoms. The monoisotopic (exact) mass is 161 g/mol. The number of hydrogen-bond donors (Lipinski definition) is 1. The summed E-state index contributed by atoms with van der Waals surface area (Å²) in [5, 5.41) is 3.44. The number of rotatable bonds is 0. The van der Waals surface area contributed by atoms with Crippen LogP contribution in [0, 0.1) is 17.3 Å². The normalized spacial score (nSPS) is 41.4. The average Bonchev–Trinajstić information content (AvgIpc) is 2.10. The third-order valence-electron chi connectivity index (χ3n) is 3.13. The quantitative estimate of drug-likeness (QED) is 0.570. The molecule has 1 aliphatic heterocycles. The Balaban J connectivity index is 0.000000500. The van der Waals surface area contributed by atoms with Gasteiger partial charge in [-0.05, 0) is 36.8 Å². The predicted octanol–water partition coefficient (Wildman–Crippen LogP) is 1.67. The van der Waals surface area contributed by atoms with Gasteiger partial charge in [-0.15, -0.1) is 12.4 Å². The van der Waals surface area contributed by atoms with Crippen molar-refractivity contribution in [2.24, 2.45) is 17.3 Å². The Morgan fingerprint density at radius 2 is 2.00 bits per heavy atom. The van der Waals surface area contributed by atoms with E-state index in [2.05, 4.69) is 19.2 Å². The molecule has 1 N–H and O–H groups in total. The van der Waals surface area contributed by atoms with Crippen molar-refractivity contribution < 1.29 is 0 Å². The van der Waals surface area contributed by atoms with Crippen LogP contribution in [0.15, 0.2) is 0 Å². The van der Waals surface area contributed by atoms with Crippen LogP contribution in [-0.2, 0) is 0 Å². The van der Waals surface area contributed by atoms with E-state index < -0.39 is 0 Å². The topological polar surface area (TPSA) is 12.0 Å². The molecule has 1 heterocycles. The second kappa shape index (κ2) is 2.38. The summed E-state index contributed by atoms with van der Waals surface area (Å²) in [5.74, 6) is 2.03. The molecule has 2 fully saturated rings. The van der Waals surface area contributed by atoms with E-state index in [1.807, 2.05) is 0 Å². The third kappa shape index (κ3) is 0.960. The molecular weight excluding hydrogens is 146 g/mol. The highest BCUT2D eigenvalue weighted by Crippen LogP contribution is 2.51. The van der Waals surface area contributed by atoms with E-state index in [0.717, 1.165) is 11.8 Å². The van der Waals surface area contributed by atoms with E-state index in [-0.39, 0.29) is 12.4 Å². The first-order valence-corrected chi connectivity index (χ1v) is 3.91. The van der Waals surface area contributed by atoms with Gasteiger partial charge in [-0.1, -0.05) is 13.8 Å². The van der Waals surface area contributed by atoms with Gasteiger partial charge < -0.3 is 5.32 Å². The van der Waals surface area contributed by atoms with Crippen molar-refractivity contribution in [3.8, 4) is 0 Å². The number of halogens is 1. The van der Waals surface area contributed by atoms with E-state index in [0.29, 0.717) is 5.41 Å². The molecule has 0 aromatic heterocycles. The van der Waals surface area contributed by atoms with Crippen molar-refractivity contribution >= 4 is 12.4 Å². The van der Waals surface area contributed by atoms with Crippen molar-refractivity contribution in [1.29, 1.82) is 0 Å². The Morgan fingerprint density at radius 3 is 2.40 bits per heavy atom. The fourth-order valence-electron chi connectivity index (χ4n) is 2.53. The lowest BCUT2D eigenvalue weighted by Gasteiger charge is -2.47. The summed E-state index contributed by atoms with van der Waals surface area (Å²) in [5.41, 5.74) is 0.661. The minimum absolute atomic E-state index is 0. The molecular formula is C8H16ClN. The van der Waals surface area contributed by atoms with Crippen LogP contribution in [0.1, 0.15) is 20.3 Å². The summed E-state index contributed by atoms with van der Waals surface area (Å²) >= 11 is 0. The predicted molar refractivity (Wildman–Crippen MR) is 45.5 cm³/mol. The van der Waals surface area contributed by atoms with E-state index in [4.69, 9.17) is 0 Å². The van der Waals surface area contributed by atoms with Crippen LogP contribution >= 0.6 is 12.4 Å². The molecule has 0 bridgehead atoms. The maximum absolute atomic E-state index is 3.44. The Morgan fingerprint density at radius 1 is 1.30 bits per heavy atom. The second-order valence-electron chi connectivity index (χ2n) is 4.22. The first-order chi connectivity index (χ1) is 4.20. The summed E-state index contributed by atoms with van der Waals surface area (Å²) in [6, 6.07) is 0. The SMILES string of the molecule is CC1(C)C[C@@H]2CNC[C@@H]21.Cl. The molecule has 2 aliphatic rings. The zero-order valence-corrected chi connectivity index (χ0v) is 7.50. The van der Waals surface area contributed by atoms with E-state index in [9.17, 15) is 0 Å². The van der Waals surface area contributed by atoms with Gasteiger partial charge in [0.25, 0.3) is 0 Å². The van der Waals surface area contributed by atoms with Crippen LogP contribution in [0.2, 0.25) is 0 Å². The van der Waals surface area contributed by atoms with Gasteiger partial charge in [-0.25, -0.2) is 0 Å². The Hall–Kier alpha value is 0.250. The molecule has 60 valence electrons. The maximum Gasteiger partial charge on any atom is -0.00122 e. The largest absolute Gasteiger partial charge is 0.316 e. The summed E-state index contributed by atoms with van der Waals surface area (Å²) in [4.78, 5) is 0. The molecule has 0 unspecified atom stereocenters. The smallest absolute Gasteiger partial charge is 0.00122 e. The van der Waals surface area contributed by atoms with E-state index in [1.165, 1.54) is 19.5 Å². The van der Waals surface area contributed by atoms with Gasteiger partial charge in [0.1, 0.15) is 0 Å². The molecule has 10 heavy (non-hydrogen) atoms. The molecule has 2 rings (SSSR count). The van der Waals surface area contributed by atoms with Gasteiger partial charge in [0, 0.05) is 0 Å². The highest BCUT2D eigenvalue weighted by atomic mass is 35.5. The summed E-state index contributed by atoms with van der Waals surface area (Å²) in [6.45, 7) is 7.34. The van der Waals surface area contributed by atoms with Crippen molar-refractivity contribution in [2.75, 3.05) is 13.1 Å². The van der Waals surface area contributed by atoms with Gasteiger partial charge in [-0.3, -0.25) is 0 Å². The molecule has 1 aliphatic carbocycles. The van der Waals surface area contributed by atoms with Gasteiger partial charge in [0.05, 0.1) is 0 Å². The first-order valence-electron chi connectivity index (χ1n) is 3.91. The molecule has 1 nitrogen and oxygen atoms in total. The van der Waals surface area contributed by atoms with Crippen LogP contribution in [0.25, 0.3) is 0 Å². The van der Waals surface area contributed by atoms with Crippen LogP contribution in [0.5, 0.6) is 0 Å². The minimum atomic E-state index is 0. The lowest BCUT2D eigenvalue weighted by atomic mass is 9.57. The Kier molecular flexibility index (Phi) is 1.99. The maximum atomic E-state index is 3.44. The molecule has 1 saturated heterocycles. The summed E-state index contributed by atoms with van der Waals surface area (Å²) in [6.07, 6.45) is 1.45. The Bertz CT molecular complexity index is 133. The van der Waals surface area contributed by atoms with Gasteiger partial charge >= 0.3 is 0 Å². The summed E-state index contributed by atoms with van der Waals surface area (Å²) < 4.78 is 0. The highest BCUT2D eigenvalue weighted by molar-refractivity contribution is 5.85. The zero-order chi connectivity index (χ0) is 6.48. The number of fused-ring (bicyclic) bond motifs is 1. The van der Waals surface area contributed by atoms with Gasteiger partial charge in [0.15, 0.2) is 0 Å². The number of hydrogen-bond acceptors (Lipinski definition) is 1. The second-order valence-corrected chi connectivity index (χ2v) is 4.22.